The van der Waals surface area contributed by atoms with Crippen LogP contribution < -0.4 is 9.80 Å². The number of halogens is 1. The fourth-order valence-electron chi connectivity index (χ4n) is 3.85. The molecule has 28 heavy (non-hydrogen) atoms. The molecule has 6 nitrogen and oxygen atoms in total. The zero-order valence-corrected chi connectivity index (χ0v) is 16.5. The molecule has 0 N–H and O–H groups in total. The van der Waals surface area contributed by atoms with E-state index in [2.05, 4.69) is 25.8 Å². The van der Waals surface area contributed by atoms with Crippen LogP contribution in [0, 0.1) is 12.7 Å². The van der Waals surface area contributed by atoms with Gasteiger partial charge in [-0.2, -0.15) is 4.98 Å². The smallest absolute Gasteiger partial charge is 0.227 e. The van der Waals surface area contributed by atoms with Crippen LogP contribution in [0.15, 0.2) is 30.3 Å². The molecular formula is C21H28FN5O. The van der Waals surface area contributed by atoms with Crippen LogP contribution in [0.3, 0.4) is 0 Å². The highest BCUT2D eigenvalue weighted by Gasteiger charge is 2.20. The highest BCUT2D eigenvalue weighted by Crippen LogP contribution is 2.20. The van der Waals surface area contributed by atoms with E-state index in [0.717, 1.165) is 88.5 Å². The summed E-state index contributed by atoms with van der Waals surface area (Å²) < 4.78 is 18.9. The van der Waals surface area contributed by atoms with Crippen molar-refractivity contribution in [2.45, 2.75) is 19.9 Å². The summed E-state index contributed by atoms with van der Waals surface area (Å²) in [7, 11) is 0. The standard InChI is InChI=1S/C21H28FN5O/c1-17-14-20(24-21(23-17)27-10-12-28-13-11-27)26-7-3-6-25(8-9-26)16-18-4-2-5-19(22)15-18/h2,4-5,14-15H,3,6-13,16H2,1H3. The van der Waals surface area contributed by atoms with Crippen LogP contribution >= 0.6 is 0 Å². The molecule has 150 valence electrons. The van der Waals surface area contributed by atoms with Crippen LogP contribution in [0.25, 0.3) is 0 Å². The van der Waals surface area contributed by atoms with E-state index in [1.807, 2.05) is 13.0 Å². The Morgan fingerprint density at radius 1 is 0.964 bits per heavy atom. The van der Waals surface area contributed by atoms with Crippen molar-refractivity contribution < 1.29 is 9.13 Å². The van der Waals surface area contributed by atoms with Gasteiger partial charge in [0.15, 0.2) is 0 Å². The van der Waals surface area contributed by atoms with Crippen LogP contribution in [0.1, 0.15) is 17.7 Å². The molecule has 0 saturated carbocycles. The lowest BCUT2D eigenvalue weighted by Crippen LogP contribution is -2.38. The van der Waals surface area contributed by atoms with Crippen molar-refractivity contribution >= 4 is 11.8 Å². The molecule has 3 heterocycles. The molecule has 0 aliphatic carbocycles. The molecule has 2 fully saturated rings. The molecule has 0 bridgehead atoms. The van der Waals surface area contributed by atoms with Gasteiger partial charge in [0.1, 0.15) is 11.6 Å². The van der Waals surface area contributed by atoms with Crippen molar-refractivity contribution in [1.82, 2.24) is 14.9 Å². The minimum absolute atomic E-state index is 0.166. The Labute approximate surface area is 165 Å². The van der Waals surface area contributed by atoms with Gasteiger partial charge >= 0.3 is 0 Å². The first-order valence-electron chi connectivity index (χ1n) is 10.1. The van der Waals surface area contributed by atoms with Gasteiger partial charge in [0.05, 0.1) is 13.2 Å². The van der Waals surface area contributed by atoms with Gasteiger partial charge in [0.2, 0.25) is 5.95 Å². The predicted molar refractivity (Wildman–Crippen MR) is 108 cm³/mol. The largest absolute Gasteiger partial charge is 0.378 e. The fourth-order valence-corrected chi connectivity index (χ4v) is 3.85. The summed E-state index contributed by atoms with van der Waals surface area (Å²) in [6.45, 7) is 9.77. The topological polar surface area (TPSA) is 44.7 Å². The van der Waals surface area contributed by atoms with Crippen LogP contribution in [-0.4, -0.2) is 67.4 Å². The first kappa shape index (κ1) is 19.1. The van der Waals surface area contributed by atoms with Crippen LogP contribution in [0.5, 0.6) is 0 Å². The van der Waals surface area contributed by atoms with E-state index in [9.17, 15) is 4.39 Å². The SMILES string of the molecule is Cc1cc(N2CCCN(Cc3cccc(F)c3)CC2)nc(N2CCOCC2)n1. The van der Waals surface area contributed by atoms with Gasteiger partial charge in [0.25, 0.3) is 0 Å². The van der Waals surface area contributed by atoms with E-state index in [1.165, 1.54) is 6.07 Å². The average Bonchev–Trinajstić information content (AvgIpc) is 2.94. The van der Waals surface area contributed by atoms with Crippen molar-refractivity contribution in [2.24, 2.45) is 0 Å². The molecule has 4 rings (SSSR count). The number of anilines is 2. The second-order valence-electron chi connectivity index (χ2n) is 7.51. The van der Waals surface area contributed by atoms with E-state index in [1.54, 1.807) is 12.1 Å². The third-order valence-corrected chi connectivity index (χ3v) is 5.33. The van der Waals surface area contributed by atoms with Gasteiger partial charge in [-0.05, 0) is 31.0 Å². The number of hydrogen-bond acceptors (Lipinski definition) is 6. The summed E-state index contributed by atoms with van der Waals surface area (Å²) in [6.07, 6.45) is 1.06. The zero-order chi connectivity index (χ0) is 19.3. The van der Waals surface area contributed by atoms with Crippen molar-refractivity contribution in [1.29, 1.82) is 0 Å². The molecule has 0 spiro atoms. The summed E-state index contributed by atoms with van der Waals surface area (Å²) in [6, 6.07) is 8.98. The highest BCUT2D eigenvalue weighted by atomic mass is 19.1. The van der Waals surface area contributed by atoms with Gasteiger partial charge in [0, 0.05) is 57.6 Å². The Morgan fingerprint density at radius 3 is 2.64 bits per heavy atom. The number of nitrogens with zero attached hydrogens (tertiary/aromatic N) is 5. The van der Waals surface area contributed by atoms with Crippen molar-refractivity contribution in [2.75, 3.05) is 62.3 Å². The number of benzene rings is 1. The number of rotatable bonds is 4. The zero-order valence-electron chi connectivity index (χ0n) is 16.5. The maximum atomic E-state index is 13.5. The third-order valence-electron chi connectivity index (χ3n) is 5.33. The van der Waals surface area contributed by atoms with E-state index in [0.29, 0.717) is 0 Å². The Kier molecular flexibility index (Phi) is 6.02. The molecule has 2 aliphatic heterocycles. The van der Waals surface area contributed by atoms with Crippen LogP contribution in [0.2, 0.25) is 0 Å². The van der Waals surface area contributed by atoms with E-state index in [-0.39, 0.29) is 5.82 Å². The molecular weight excluding hydrogens is 357 g/mol. The highest BCUT2D eigenvalue weighted by molar-refractivity contribution is 5.46. The molecule has 0 atom stereocenters. The minimum atomic E-state index is -0.166. The summed E-state index contributed by atoms with van der Waals surface area (Å²) in [4.78, 5) is 16.5. The average molecular weight is 385 g/mol. The Morgan fingerprint density at radius 2 is 1.82 bits per heavy atom. The van der Waals surface area contributed by atoms with Crippen molar-refractivity contribution in [3.63, 3.8) is 0 Å². The number of ether oxygens (including phenoxy) is 1. The second kappa shape index (κ2) is 8.84. The second-order valence-corrected chi connectivity index (χ2v) is 7.51. The molecule has 1 aromatic carbocycles. The fraction of sp³-hybridized carbons (Fsp3) is 0.524. The van der Waals surface area contributed by atoms with Crippen LogP contribution in [-0.2, 0) is 11.3 Å². The quantitative estimate of drug-likeness (QED) is 0.806. The number of morpholine rings is 1. The molecule has 0 unspecified atom stereocenters. The van der Waals surface area contributed by atoms with E-state index < -0.39 is 0 Å². The summed E-state index contributed by atoms with van der Waals surface area (Å²) >= 11 is 0. The van der Waals surface area contributed by atoms with E-state index >= 15 is 0 Å². The van der Waals surface area contributed by atoms with Gasteiger partial charge < -0.3 is 14.5 Å². The lowest BCUT2D eigenvalue weighted by Gasteiger charge is -2.29. The van der Waals surface area contributed by atoms with Gasteiger partial charge in [-0.15, -0.1) is 0 Å². The number of aryl methyl sites for hydroxylation is 1. The molecule has 2 saturated heterocycles. The maximum absolute atomic E-state index is 13.5. The van der Waals surface area contributed by atoms with Crippen molar-refractivity contribution in [3.05, 3.63) is 47.4 Å². The summed E-state index contributed by atoms with van der Waals surface area (Å²) in [5.74, 6) is 1.64. The van der Waals surface area contributed by atoms with Gasteiger partial charge in [-0.25, -0.2) is 9.37 Å². The lowest BCUT2D eigenvalue weighted by molar-refractivity contribution is 0.122. The van der Waals surface area contributed by atoms with Crippen molar-refractivity contribution in [3.8, 4) is 0 Å². The molecule has 2 aliphatic rings. The summed E-state index contributed by atoms with van der Waals surface area (Å²) in [5, 5.41) is 0. The van der Waals surface area contributed by atoms with E-state index in [4.69, 9.17) is 9.72 Å². The number of aromatic nitrogens is 2. The predicted octanol–water partition coefficient (Wildman–Crippen LogP) is 2.47. The Hall–Kier alpha value is -2.25. The first-order valence-corrected chi connectivity index (χ1v) is 10.1. The maximum Gasteiger partial charge on any atom is 0.227 e. The third kappa shape index (κ3) is 4.77. The molecule has 2 aromatic rings. The monoisotopic (exact) mass is 385 g/mol. The molecule has 0 amide bonds. The normalized spacial score (nSPS) is 18.9. The van der Waals surface area contributed by atoms with Gasteiger partial charge in [-0.3, -0.25) is 4.90 Å². The van der Waals surface area contributed by atoms with Gasteiger partial charge in [-0.1, -0.05) is 12.1 Å². The molecule has 0 radical (unpaired) electrons. The molecule has 7 heteroatoms. The Balaban J connectivity index is 1.43. The molecule has 1 aromatic heterocycles. The summed E-state index contributed by atoms with van der Waals surface area (Å²) in [5.41, 5.74) is 2.02. The first-order chi connectivity index (χ1) is 13.7. The Bertz CT molecular complexity index is 796. The number of hydrogen-bond donors (Lipinski definition) is 0. The minimum Gasteiger partial charge on any atom is -0.378 e. The lowest BCUT2D eigenvalue weighted by atomic mass is 10.2. The van der Waals surface area contributed by atoms with Crippen LogP contribution in [0.4, 0.5) is 16.2 Å².